The molecule has 170 valence electrons. The molecule has 0 saturated heterocycles. The third kappa shape index (κ3) is 6.82. The summed E-state index contributed by atoms with van der Waals surface area (Å²) in [4.78, 5) is 2.12. The maximum absolute atomic E-state index is 10.6. The number of rotatable bonds is 12. The maximum atomic E-state index is 10.6. The van der Waals surface area contributed by atoms with E-state index >= 15 is 0 Å². The molecule has 1 N–H and O–H groups in total. The van der Waals surface area contributed by atoms with Crippen molar-refractivity contribution in [1.29, 1.82) is 0 Å². The van der Waals surface area contributed by atoms with Crippen LogP contribution in [0.4, 0.5) is 0 Å². The minimum Gasteiger partial charge on any atom is -0.493 e. The Bertz CT molecular complexity index is 893. The first kappa shape index (κ1) is 23.8. The van der Waals surface area contributed by atoms with Crippen LogP contribution in [-0.2, 0) is 11.2 Å². The van der Waals surface area contributed by atoms with Crippen LogP contribution in [0.2, 0.25) is 0 Å². The van der Waals surface area contributed by atoms with Gasteiger partial charge in [0.05, 0.1) is 26.9 Å². The molecule has 3 rings (SSSR count). The Labute approximate surface area is 191 Å². The van der Waals surface area contributed by atoms with Crippen molar-refractivity contribution in [3.8, 4) is 11.5 Å². The number of hydrogen-bond acceptors (Lipinski definition) is 5. The van der Waals surface area contributed by atoms with E-state index in [4.69, 9.17) is 14.2 Å². The summed E-state index contributed by atoms with van der Waals surface area (Å²) in [6.07, 6.45) is 0.0608. The first-order valence-corrected chi connectivity index (χ1v) is 10.9. The Morgan fingerprint density at radius 1 is 0.812 bits per heavy atom. The second-order valence-electron chi connectivity index (χ2n) is 7.89. The molecule has 0 bridgehead atoms. The van der Waals surface area contributed by atoms with E-state index in [-0.39, 0.29) is 12.7 Å². The van der Waals surface area contributed by atoms with Gasteiger partial charge in [-0.1, -0.05) is 66.7 Å². The number of aliphatic hydroxyl groups is 1. The molecule has 3 aromatic carbocycles. The predicted molar refractivity (Wildman–Crippen MR) is 127 cm³/mol. The summed E-state index contributed by atoms with van der Waals surface area (Å²) in [6.45, 7) is 1.60. The molecular formula is C27H33NO4. The van der Waals surface area contributed by atoms with Crippen LogP contribution in [0.15, 0.2) is 78.9 Å². The van der Waals surface area contributed by atoms with Crippen LogP contribution in [0.5, 0.6) is 11.5 Å². The van der Waals surface area contributed by atoms with Crippen molar-refractivity contribution in [2.75, 3.05) is 41.0 Å². The van der Waals surface area contributed by atoms with Crippen molar-refractivity contribution in [3.63, 3.8) is 0 Å². The number of benzene rings is 3. The van der Waals surface area contributed by atoms with Crippen molar-refractivity contribution in [2.45, 2.75) is 18.6 Å². The molecule has 0 aliphatic rings. The largest absolute Gasteiger partial charge is 0.493 e. The summed E-state index contributed by atoms with van der Waals surface area (Å²) >= 11 is 0. The SMILES string of the molecule is COc1ccc(CCN(C)C[C@@H](O)COC(c2ccccc2)c2ccccc2)cc1OC. The third-order valence-corrected chi connectivity index (χ3v) is 5.41. The van der Waals surface area contributed by atoms with E-state index in [0.29, 0.717) is 6.54 Å². The summed E-state index contributed by atoms with van der Waals surface area (Å²) in [5.74, 6) is 1.46. The molecular weight excluding hydrogens is 402 g/mol. The van der Waals surface area contributed by atoms with Gasteiger partial charge in [-0.25, -0.2) is 0 Å². The zero-order chi connectivity index (χ0) is 22.8. The van der Waals surface area contributed by atoms with Crippen LogP contribution < -0.4 is 9.47 Å². The van der Waals surface area contributed by atoms with E-state index in [2.05, 4.69) is 29.2 Å². The van der Waals surface area contributed by atoms with Gasteiger partial charge >= 0.3 is 0 Å². The van der Waals surface area contributed by atoms with E-state index in [0.717, 1.165) is 41.2 Å². The van der Waals surface area contributed by atoms with E-state index in [1.54, 1.807) is 14.2 Å². The van der Waals surface area contributed by atoms with Crippen molar-refractivity contribution < 1.29 is 19.3 Å². The topological polar surface area (TPSA) is 51.2 Å². The molecule has 3 aromatic rings. The van der Waals surface area contributed by atoms with Gasteiger partial charge in [-0.15, -0.1) is 0 Å². The Kier molecular flexibility index (Phi) is 9.11. The van der Waals surface area contributed by atoms with E-state index < -0.39 is 6.10 Å². The van der Waals surface area contributed by atoms with Crippen molar-refractivity contribution >= 4 is 0 Å². The molecule has 5 heteroatoms. The van der Waals surface area contributed by atoms with E-state index in [1.165, 1.54) is 0 Å². The molecule has 0 unspecified atom stereocenters. The van der Waals surface area contributed by atoms with Gasteiger partial charge in [0, 0.05) is 13.1 Å². The van der Waals surface area contributed by atoms with Gasteiger partial charge in [-0.2, -0.15) is 0 Å². The van der Waals surface area contributed by atoms with Gasteiger partial charge in [-0.05, 0) is 42.3 Å². The fourth-order valence-corrected chi connectivity index (χ4v) is 3.71. The second-order valence-corrected chi connectivity index (χ2v) is 7.89. The number of ether oxygens (including phenoxy) is 3. The van der Waals surface area contributed by atoms with Gasteiger partial charge in [0.25, 0.3) is 0 Å². The van der Waals surface area contributed by atoms with Crippen LogP contribution in [0.3, 0.4) is 0 Å². The highest BCUT2D eigenvalue weighted by Crippen LogP contribution is 2.28. The summed E-state index contributed by atoms with van der Waals surface area (Å²) in [7, 11) is 5.28. The molecule has 0 amide bonds. The molecule has 0 saturated carbocycles. The van der Waals surface area contributed by atoms with Gasteiger partial charge in [0.15, 0.2) is 11.5 Å². The predicted octanol–water partition coefficient (Wildman–Crippen LogP) is 4.35. The molecule has 32 heavy (non-hydrogen) atoms. The highest BCUT2D eigenvalue weighted by atomic mass is 16.5. The quantitative estimate of drug-likeness (QED) is 0.459. The monoisotopic (exact) mass is 435 g/mol. The molecule has 0 heterocycles. The molecule has 0 radical (unpaired) electrons. The standard InChI is InChI=1S/C27H33NO4/c1-28(17-16-21-14-15-25(30-2)26(18-21)31-3)19-24(29)20-32-27(22-10-6-4-7-11-22)23-12-8-5-9-13-23/h4-15,18,24,27,29H,16-17,19-20H2,1-3H3/t24-/m1/s1. The Hall–Kier alpha value is -2.86. The first-order chi connectivity index (χ1) is 15.6. The van der Waals surface area contributed by atoms with Crippen molar-refractivity contribution in [1.82, 2.24) is 4.90 Å². The Morgan fingerprint density at radius 3 is 1.97 bits per heavy atom. The zero-order valence-corrected chi connectivity index (χ0v) is 19.1. The summed E-state index contributed by atoms with van der Waals surface area (Å²) in [5.41, 5.74) is 3.31. The average molecular weight is 436 g/mol. The lowest BCUT2D eigenvalue weighted by molar-refractivity contribution is -0.00532. The zero-order valence-electron chi connectivity index (χ0n) is 19.1. The lowest BCUT2D eigenvalue weighted by atomic mass is 10.0. The molecule has 5 nitrogen and oxygen atoms in total. The lowest BCUT2D eigenvalue weighted by Crippen LogP contribution is -2.34. The highest BCUT2D eigenvalue weighted by Gasteiger charge is 2.17. The average Bonchev–Trinajstić information content (AvgIpc) is 2.84. The van der Waals surface area contributed by atoms with Crippen LogP contribution in [0.1, 0.15) is 22.8 Å². The normalized spacial score (nSPS) is 12.2. The van der Waals surface area contributed by atoms with Crippen LogP contribution in [0, 0.1) is 0 Å². The molecule has 0 aliphatic carbocycles. The minimum atomic E-state index is -0.583. The van der Waals surface area contributed by atoms with Gasteiger partial charge in [0.2, 0.25) is 0 Å². The van der Waals surface area contributed by atoms with Gasteiger partial charge < -0.3 is 24.2 Å². The van der Waals surface area contributed by atoms with Crippen LogP contribution in [-0.4, -0.2) is 57.1 Å². The second kappa shape index (κ2) is 12.2. The smallest absolute Gasteiger partial charge is 0.160 e. The van der Waals surface area contributed by atoms with Gasteiger partial charge in [0.1, 0.15) is 6.10 Å². The number of nitrogens with zero attached hydrogens (tertiary/aromatic N) is 1. The first-order valence-electron chi connectivity index (χ1n) is 10.9. The third-order valence-electron chi connectivity index (χ3n) is 5.41. The minimum absolute atomic E-state index is 0.205. The van der Waals surface area contributed by atoms with E-state index in [1.807, 2.05) is 61.6 Å². The molecule has 0 aliphatic heterocycles. The summed E-state index contributed by atoms with van der Waals surface area (Å²) in [6, 6.07) is 26.2. The fraction of sp³-hybridized carbons (Fsp3) is 0.333. The number of likely N-dealkylation sites (N-methyl/N-ethyl adjacent to an activating group) is 1. The number of methoxy groups -OCH3 is 2. The van der Waals surface area contributed by atoms with Crippen LogP contribution >= 0.6 is 0 Å². The van der Waals surface area contributed by atoms with Crippen LogP contribution in [0.25, 0.3) is 0 Å². The molecule has 0 aromatic heterocycles. The van der Waals surface area contributed by atoms with Crippen molar-refractivity contribution in [2.24, 2.45) is 0 Å². The Balaban J connectivity index is 1.52. The van der Waals surface area contributed by atoms with Gasteiger partial charge in [-0.3, -0.25) is 0 Å². The maximum Gasteiger partial charge on any atom is 0.160 e. The number of hydrogen-bond donors (Lipinski definition) is 1. The molecule has 1 atom stereocenters. The highest BCUT2D eigenvalue weighted by molar-refractivity contribution is 5.43. The lowest BCUT2D eigenvalue weighted by Gasteiger charge is -2.24. The fourth-order valence-electron chi connectivity index (χ4n) is 3.71. The summed E-state index contributed by atoms with van der Waals surface area (Å²) < 4.78 is 16.9. The summed E-state index contributed by atoms with van der Waals surface area (Å²) in [5, 5.41) is 10.6. The Morgan fingerprint density at radius 2 is 1.41 bits per heavy atom. The van der Waals surface area contributed by atoms with Crippen molar-refractivity contribution in [3.05, 3.63) is 95.6 Å². The van der Waals surface area contributed by atoms with E-state index in [9.17, 15) is 5.11 Å². The molecule has 0 fully saturated rings. The molecule has 0 spiro atoms. The number of aliphatic hydroxyl groups excluding tert-OH is 1.